The largest absolute Gasteiger partial charge is 0.329 e. The summed E-state index contributed by atoms with van der Waals surface area (Å²) in [4.78, 5) is 0. The predicted molar refractivity (Wildman–Crippen MR) is 175 cm³/mol. The third kappa shape index (κ3) is 6.62. The average Bonchev–Trinajstić information content (AvgIpc) is 2.88. The van der Waals surface area contributed by atoms with Crippen molar-refractivity contribution in [2.24, 2.45) is 8.82 Å². The van der Waals surface area contributed by atoms with Crippen LogP contribution < -0.4 is 21.2 Å². The van der Waals surface area contributed by atoms with Gasteiger partial charge in [-0.3, -0.25) is 0 Å². The van der Waals surface area contributed by atoms with Gasteiger partial charge in [0.15, 0.2) is 16.5 Å². The second-order valence-electron chi connectivity index (χ2n) is 11.6. The number of hydrogen-bond donors (Lipinski definition) is 0. The Morgan fingerprint density at radius 2 is 0.622 bits per heavy atom. The van der Waals surface area contributed by atoms with E-state index in [2.05, 4.69) is 161 Å². The summed E-state index contributed by atoms with van der Waals surface area (Å²) in [7, 11) is -8.11. The van der Waals surface area contributed by atoms with E-state index in [1.165, 1.54) is 21.2 Å². The Labute approximate surface area is 226 Å². The van der Waals surface area contributed by atoms with E-state index in [1.54, 1.807) is 0 Å². The second-order valence-corrected chi connectivity index (χ2v) is 28.1. The van der Waals surface area contributed by atoms with Gasteiger partial charge in [-0.25, -0.2) is 0 Å². The van der Waals surface area contributed by atoms with E-state index in [-0.39, 0.29) is 0 Å². The van der Waals surface area contributed by atoms with Gasteiger partial charge in [-0.15, -0.1) is 0 Å². The van der Waals surface area contributed by atoms with Gasteiger partial charge in [0.25, 0.3) is 0 Å². The number of nitrogens with zero attached hydrogens (tertiary/aromatic N) is 2. The fourth-order valence-electron chi connectivity index (χ4n) is 4.94. The summed E-state index contributed by atoms with van der Waals surface area (Å²) in [5, 5.41) is 5.47. The van der Waals surface area contributed by atoms with Crippen LogP contribution in [0.25, 0.3) is 0 Å². The minimum absolute atomic E-state index is 0.955. The molecule has 6 heteroatoms. The summed E-state index contributed by atoms with van der Waals surface area (Å²) in [5.74, 6) is 0.955. The van der Waals surface area contributed by atoms with Crippen LogP contribution >= 0.6 is 14.1 Å². The first-order valence-corrected chi connectivity index (χ1v) is 23.8. The molecule has 0 aliphatic rings. The summed E-state index contributed by atoms with van der Waals surface area (Å²) in [6.07, 6.45) is 0. The molecule has 0 aliphatic heterocycles. The van der Waals surface area contributed by atoms with Crippen LogP contribution in [0.2, 0.25) is 39.3 Å². The Balaban J connectivity index is 2.21. The Hall–Kier alpha value is -2.23. The molecule has 0 bridgehead atoms. The van der Waals surface area contributed by atoms with Crippen LogP contribution in [0, 0.1) is 0 Å². The molecule has 0 radical (unpaired) electrons. The maximum Gasteiger partial charge on any atom is 0.171 e. The summed E-state index contributed by atoms with van der Waals surface area (Å²) < 4.78 is 12.0. The Morgan fingerprint density at radius 1 is 0.405 bits per heavy atom. The number of rotatable bonds is 8. The van der Waals surface area contributed by atoms with Gasteiger partial charge in [0.2, 0.25) is 0 Å². The van der Waals surface area contributed by atoms with Gasteiger partial charge >= 0.3 is 0 Å². The molecule has 192 valence electrons. The highest BCUT2D eigenvalue weighted by Gasteiger charge is 2.38. The van der Waals surface area contributed by atoms with E-state index in [4.69, 9.17) is 8.82 Å². The van der Waals surface area contributed by atoms with Crippen molar-refractivity contribution in [3.8, 4) is 0 Å². The van der Waals surface area contributed by atoms with E-state index < -0.39 is 30.6 Å². The minimum atomic E-state index is -2.20. The van der Waals surface area contributed by atoms with E-state index in [0.29, 0.717) is 0 Å². The van der Waals surface area contributed by atoms with Crippen LogP contribution in [0.3, 0.4) is 0 Å². The molecule has 0 N–H and O–H groups in total. The molecule has 0 spiro atoms. The molecule has 0 saturated carbocycles. The van der Waals surface area contributed by atoms with E-state index in [9.17, 15) is 0 Å². The zero-order valence-corrected chi connectivity index (χ0v) is 26.8. The van der Waals surface area contributed by atoms with Gasteiger partial charge in [0.05, 0.1) is 0 Å². The lowest BCUT2D eigenvalue weighted by Crippen LogP contribution is -2.30. The van der Waals surface area contributed by atoms with Crippen molar-refractivity contribution >= 4 is 51.8 Å². The molecule has 4 aromatic rings. The molecule has 0 amide bonds. The predicted octanol–water partition coefficient (Wildman–Crippen LogP) is 8.32. The zero-order valence-electron chi connectivity index (χ0n) is 23.0. The van der Waals surface area contributed by atoms with E-state index in [0.717, 1.165) is 5.90 Å². The minimum Gasteiger partial charge on any atom is -0.329 e. The molecule has 0 aliphatic carbocycles. The SMILES string of the molecule is C[Si](C)(C)N=P(CP(=N[Si](C)(C)C)(c1ccccc1)c1ccccc1)(c1ccccc1)c1ccccc1. The summed E-state index contributed by atoms with van der Waals surface area (Å²) in [6.45, 7) is 14.3. The van der Waals surface area contributed by atoms with Crippen LogP contribution in [0.4, 0.5) is 0 Å². The number of benzene rings is 4. The molecule has 0 fully saturated rings. The molecule has 0 heterocycles. The third-order valence-electron chi connectivity index (χ3n) is 6.08. The van der Waals surface area contributed by atoms with E-state index >= 15 is 0 Å². The topological polar surface area (TPSA) is 24.7 Å². The summed E-state index contributed by atoms with van der Waals surface area (Å²) in [5.41, 5.74) is 0. The van der Waals surface area contributed by atoms with Crippen molar-refractivity contribution in [2.45, 2.75) is 39.3 Å². The van der Waals surface area contributed by atoms with Crippen LogP contribution in [-0.2, 0) is 0 Å². The molecule has 0 saturated heterocycles. The highest BCUT2D eigenvalue weighted by molar-refractivity contribution is 7.96. The van der Waals surface area contributed by atoms with Crippen molar-refractivity contribution in [1.82, 2.24) is 0 Å². The normalized spacial score (nSPS) is 12.7. The van der Waals surface area contributed by atoms with Gasteiger partial charge in [-0.1, -0.05) is 161 Å². The van der Waals surface area contributed by atoms with Crippen LogP contribution in [0.1, 0.15) is 0 Å². The van der Waals surface area contributed by atoms with Crippen molar-refractivity contribution in [2.75, 3.05) is 5.90 Å². The first-order valence-electron chi connectivity index (χ1n) is 13.0. The highest BCUT2D eigenvalue weighted by Crippen LogP contribution is 2.64. The van der Waals surface area contributed by atoms with Gasteiger partial charge in [0, 0.05) is 20.0 Å². The maximum absolute atomic E-state index is 5.98. The molecule has 4 rings (SSSR count). The molecule has 0 aromatic heterocycles. The average molecular weight is 559 g/mol. The third-order valence-corrected chi connectivity index (χ3v) is 21.5. The number of hydrogen-bond acceptors (Lipinski definition) is 2. The van der Waals surface area contributed by atoms with Crippen LogP contribution in [0.5, 0.6) is 0 Å². The fraction of sp³-hybridized carbons (Fsp3) is 0.226. The fourth-order valence-corrected chi connectivity index (χ4v) is 24.9. The molecule has 37 heavy (non-hydrogen) atoms. The lowest BCUT2D eigenvalue weighted by molar-refractivity contribution is 1.56. The van der Waals surface area contributed by atoms with Crippen molar-refractivity contribution in [3.05, 3.63) is 121 Å². The second kappa shape index (κ2) is 11.3. The zero-order chi connectivity index (χ0) is 26.6. The van der Waals surface area contributed by atoms with Crippen molar-refractivity contribution in [3.63, 3.8) is 0 Å². The molecular weight excluding hydrogens is 518 g/mol. The molecular formula is C31H40N2P2Si2. The Morgan fingerprint density at radius 3 is 0.811 bits per heavy atom. The summed E-state index contributed by atoms with van der Waals surface area (Å²) >= 11 is 0. The lowest BCUT2D eigenvalue weighted by Gasteiger charge is -2.38. The highest BCUT2D eigenvalue weighted by atomic mass is 31.2. The van der Waals surface area contributed by atoms with Gasteiger partial charge in [0.1, 0.15) is 0 Å². The quantitative estimate of drug-likeness (QED) is 0.153. The summed E-state index contributed by atoms with van der Waals surface area (Å²) in [6, 6.07) is 44.6. The lowest BCUT2D eigenvalue weighted by atomic mass is 10.4. The van der Waals surface area contributed by atoms with Gasteiger partial charge < -0.3 is 8.82 Å². The maximum atomic E-state index is 5.98. The van der Waals surface area contributed by atoms with Gasteiger partial charge in [-0.05, 0) is 21.2 Å². The Kier molecular flexibility index (Phi) is 8.46. The van der Waals surface area contributed by atoms with Crippen LogP contribution in [0.15, 0.2) is 130 Å². The van der Waals surface area contributed by atoms with Crippen molar-refractivity contribution < 1.29 is 0 Å². The monoisotopic (exact) mass is 558 g/mol. The van der Waals surface area contributed by atoms with Crippen molar-refractivity contribution in [1.29, 1.82) is 0 Å². The van der Waals surface area contributed by atoms with E-state index in [1.807, 2.05) is 0 Å². The molecule has 0 unspecified atom stereocenters. The van der Waals surface area contributed by atoms with Crippen LogP contribution in [-0.4, -0.2) is 22.4 Å². The molecule has 2 nitrogen and oxygen atoms in total. The van der Waals surface area contributed by atoms with Gasteiger partial charge in [-0.2, -0.15) is 0 Å². The first-order chi connectivity index (χ1) is 17.5. The Bertz CT molecular complexity index is 1210. The first kappa shape index (κ1) is 27.8. The molecule has 0 atom stereocenters. The standard InChI is InChI=1S/C31H40N2P2Si2/c1-36(2,3)32-34(28-19-11-7-12-20-28,29-21-13-8-14-22-29)27-35(33-37(4,5)6,30-23-15-9-16-24-30)31-25-17-10-18-26-31/h7-26H,27H2,1-6H3. The molecule has 4 aromatic carbocycles. The smallest absolute Gasteiger partial charge is 0.171 e.